The lowest BCUT2D eigenvalue weighted by Gasteiger charge is -1.96. The van der Waals surface area contributed by atoms with Crippen LogP contribution in [0.15, 0.2) is 35.1 Å². The standard InChI is InChI=1S/C9H5ClNOS/c10-8-6-9(12)11(13-8)7-4-2-1-3-5-7/h1-4,6H. The quantitative estimate of drug-likeness (QED) is 0.708. The maximum absolute atomic E-state index is 11.3. The van der Waals surface area contributed by atoms with Crippen LogP contribution in [-0.4, -0.2) is 3.96 Å². The molecule has 65 valence electrons. The Morgan fingerprint density at radius 3 is 2.85 bits per heavy atom. The van der Waals surface area contributed by atoms with E-state index in [-0.39, 0.29) is 5.56 Å². The van der Waals surface area contributed by atoms with Crippen LogP contribution in [0.2, 0.25) is 4.34 Å². The molecule has 1 aromatic heterocycles. The second-order valence-electron chi connectivity index (χ2n) is 2.42. The topological polar surface area (TPSA) is 22.0 Å². The molecule has 0 aliphatic heterocycles. The van der Waals surface area contributed by atoms with E-state index in [9.17, 15) is 4.79 Å². The van der Waals surface area contributed by atoms with Gasteiger partial charge >= 0.3 is 0 Å². The molecule has 0 spiro atoms. The molecule has 0 aliphatic carbocycles. The lowest BCUT2D eigenvalue weighted by Crippen LogP contribution is -2.08. The van der Waals surface area contributed by atoms with E-state index in [1.165, 1.54) is 21.6 Å². The number of benzene rings is 1. The molecule has 4 heteroatoms. The van der Waals surface area contributed by atoms with Crippen LogP contribution in [0.25, 0.3) is 5.69 Å². The van der Waals surface area contributed by atoms with Crippen molar-refractivity contribution < 1.29 is 0 Å². The Morgan fingerprint density at radius 2 is 2.31 bits per heavy atom. The highest BCUT2D eigenvalue weighted by molar-refractivity contribution is 7.11. The summed E-state index contributed by atoms with van der Waals surface area (Å²) in [5.41, 5.74) is 0.613. The third-order valence-corrected chi connectivity index (χ3v) is 2.69. The van der Waals surface area contributed by atoms with Gasteiger partial charge in [-0.2, -0.15) is 0 Å². The molecule has 0 unspecified atom stereocenters. The molecule has 0 saturated heterocycles. The van der Waals surface area contributed by atoms with Gasteiger partial charge in [-0.3, -0.25) is 4.79 Å². The van der Waals surface area contributed by atoms with Crippen LogP contribution in [0.1, 0.15) is 0 Å². The lowest BCUT2D eigenvalue weighted by molar-refractivity contribution is 1.13. The first kappa shape index (κ1) is 8.53. The normalized spacial score (nSPS) is 10.2. The van der Waals surface area contributed by atoms with E-state index in [4.69, 9.17) is 11.6 Å². The highest BCUT2D eigenvalue weighted by Gasteiger charge is 2.03. The van der Waals surface area contributed by atoms with Crippen molar-refractivity contribution in [2.45, 2.75) is 0 Å². The van der Waals surface area contributed by atoms with Crippen LogP contribution >= 0.6 is 23.1 Å². The average Bonchev–Trinajstić information content (AvgIpc) is 2.47. The van der Waals surface area contributed by atoms with E-state index in [0.29, 0.717) is 4.34 Å². The van der Waals surface area contributed by atoms with Crippen molar-refractivity contribution in [2.24, 2.45) is 0 Å². The number of nitrogens with zero attached hydrogens (tertiary/aromatic N) is 1. The van der Waals surface area contributed by atoms with Gasteiger partial charge in [0.05, 0.1) is 5.69 Å². The SMILES string of the molecule is O=c1cc(Cl)sn1-c1[c]cccc1. The number of rotatable bonds is 1. The molecule has 1 aromatic carbocycles. The van der Waals surface area contributed by atoms with Crippen molar-refractivity contribution in [3.63, 3.8) is 0 Å². The van der Waals surface area contributed by atoms with Crippen LogP contribution < -0.4 is 5.56 Å². The Labute approximate surface area is 84.2 Å². The minimum Gasteiger partial charge on any atom is -0.268 e. The van der Waals surface area contributed by atoms with E-state index in [1.807, 2.05) is 18.2 Å². The van der Waals surface area contributed by atoms with Crippen LogP contribution in [0.3, 0.4) is 0 Å². The molecule has 0 N–H and O–H groups in total. The van der Waals surface area contributed by atoms with Crippen LogP contribution in [0, 0.1) is 6.07 Å². The fourth-order valence-electron chi connectivity index (χ4n) is 0.992. The predicted molar refractivity (Wildman–Crippen MR) is 53.8 cm³/mol. The highest BCUT2D eigenvalue weighted by Crippen LogP contribution is 2.16. The zero-order valence-electron chi connectivity index (χ0n) is 6.53. The molecule has 0 aliphatic rings. The molecule has 2 rings (SSSR count). The first-order chi connectivity index (χ1) is 6.27. The lowest BCUT2D eigenvalue weighted by atomic mass is 10.3. The summed E-state index contributed by atoms with van der Waals surface area (Å²) in [4.78, 5) is 11.3. The number of halogens is 1. The summed E-state index contributed by atoms with van der Waals surface area (Å²) in [5, 5.41) is 0. The predicted octanol–water partition coefficient (Wildman–Crippen LogP) is 2.35. The Balaban J connectivity index is 2.59. The minimum atomic E-state index is -0.113. The van der Waals surface area contributed by atoms with Crippen molar-refractivity contribution in [3.8, 4) is 5.69 Å². The zero-order valence-corrected chi connectivity index (χ0v) is 8.10. The molecule has 13 heavy (non-hydrogen) atoms. The van der Waals surface area contributed by atoms with Gasteiger partial charge in [0, 0.05) is 12.1 Å². The molecule has 0 atom stereocenters. The van der Waals surface area contributed by atoms with Gasteiger partial charge in [-0.05, 0) is 17.6 Å². The number of aromatic nitrogens is 1. The summed E-state index contributed by atoms with van der Waals surface area (Å²) < 4.78 is 1.99. The Morgan fingerprint density at radius 1 is 1.46 bits per heavy atom. The molecule has 1 heterocycles. The summed E-state index contributed by atoms with van der Waals surface area (Å²) >= 11 is 6.91. The second-order valence-corrected chi connectivity index (χ2v) is 4.04. The molecule has 0 bridgehead atoms. The third kappa shape index (κ3) is 1.66. The van der Waals surface area contributed by atoms with E-state index >= 15 is 0 Å². The van der Waals surface area contributed by atoms with Gasteiger partial charge in [0.15, 0.2) is 0 Å². The maximum Gasteiger partial charge on any atom is 0.266 e. The van der Waals surface area contributed by atoms with Gasteiger partial charge in [-0.25, -0.2) is 3.96 Å². The Hall–Kier alpha value is -1.06. The monoisotopic (exact) mass is 210 g/mol. The molecule has 2 nitrogen and oxygen atoms in total. The third-order valence-electron chi connectivity index (χ3n) is 1.53. The van der Waals surface area contributed by atoms with Gasteiger partial charge in [-0.1, -0.05) is 29.8 Å². The fraction of sp³-hybridized carbons (Fsp3) is 0. The Kier molecular flexibility index (Phi) is 2.20. The largest absolute Gasteiger partial charge is 0.268 e. The minimum absolute atomic E-state index is 0.113. The van der Waals surface area contributed by atoms with Gasteiger partial charge in [0.25, 0.3) is 5.56 Å². The molecular formula is C9H5ClNOS. The van der Waals surface area contributed by atoms with E-state index in [1.54, 1.807) is 6.07 Å². The fourth-order valence-corrected chi connectivity index (χ4v) is 1.98. The van der Waals surface area contributed by atoms with E-state index in [2.05, 4.69) is 6.07 Å². The van der Waals surface area contributed by atoms with Gasteiger partial charge in [0.2, 0.25) is 0 Å². The van der Waals surface area contributed by atoms with Gasteiger partial charge < -0.3 is 0 Å². The first-order valence-electron chi connectivity index (χ1n) is 3.63. The molecule has 0 amide bonds. The van der Waals surface area contributed by atoms with Crippen molar-refractivity contribution in [1.29, 1.82) is 0 Å². The van der Waals surface area contributed by atoms with Gasteiger partial charge in [-0.15, -0.1) is 0 Å². The molecule has 2 aromatic rings. The number of hydrogen-bond donors (Lipinski definition) is 0. The summed E-state index contributed by atoms with van der Waals surface area (Å²) in [6.07, 6.45) is 0. The second kappa shape index (κ2) is 3.36. The maximum atomic E-state index is 11.3. The Bertz CT molecular complexity index is 460. The summed E-state index contributed by atoms with van der Waals surface area (Å²) in [6.45, 7) is 0. The van der Waals surface area contributed by atoms with Gasteiger partial charge in [0.1, 0.15) is 4.34 Å². The van der Waals surface area contributed by atoms with Crippen LogP contribution in [0.5, 0.6) is 0 Å². The first-order valence-corrected chi connectivity index (χ1v) is 4.78. The number of hydrogen-bond acceptors (Lipinski definition) is 2. The van der Waals surface area contributed by atoms with Crippen molar-refractivity contribution in [2.75, 3.05) is 0 Å². The van der Waals surface area contributed by atoms with Crippen molar-refractivity contribution in [1.82, 2.24) is 3.96 Å². The van der Waals surface area contributed by atoms with E-state index in [0.717, 1.165) is 5.69 Å². The van der Waals surface area contributed by atoms with Crippen molar-refractivity contribution in [3.05, 3.63) is 51.1 Å². The molecular weight excluding hydrogens is 206 g/mol. The zero-order chi connectivity index (χ0) is 9.26. The molecule has 1 radical (unpaired) electrons. The smallest absolute Gasteiger partial charge is 0.266 e. The van der Waals surface area contributed by atoms with Crippen LogP contribution in [0.4, 0.5) is 0 Å². The molecule has 0 saturated carbocycles. The highest BCUT2D eigenvalue weighted by atomic mass is 35.5. The van der Waals surface area contributed by atoms with Crippen LogP contribution in [-0.2, 0) is 0 Å². The van der Waals surface area contributed by atoms with E-state index < -0.39 is 0 Å². The average molecular weight is 211 g/mol. The summed E-state index contributed by atoms with van der Waals surface area (Å²) in [7, 11) is 0. The molecule has 0 fully saturated rings. The van der Waals surface area contributed by atoms with Crippen molar-refractivity contribution >= 4 is 23.1 Å². The summed E-state index contributed by atoms with van der Waals surface area (Å²) in [5.74, 6) is 0. The number of para-hydroxylation sites is 1. The summed E-state index contributed by atoms with van der Waals surface area (Å²) in [6, 6.07) is 11.6.